The maximum Gasteiger partial charge on any atom is 0.224 e. The molecule has 0 aliphatic heterocycles. The number of nitrogens with one attached hydrogen (secondary N) is 1. The Morgan fingerprint density at radius 3 is 2.22 bits per heavy atom. The Kier molecular flexibility index (Phi) is 7.21. The minimum absolute atomic E-state index is 0.102. The third-order valence-electron chi connectivity index (χ3n) is 3.75. The van der Waals surface area contributed by atoms with E-state index in [0.717, 1.165) is 30.0 Å². The SMILES string of the molecule is CCc1ccc(CC(=O)NCCSCc2ccc(C)cc2)cc1. The Balaban J connectivity index is 1.61. The van der Waals surface area contributed by atoms with E-state index in [2.05, 4.69) is 55.6 Å². The topological polar surface area (TPSA) is 29.1 Å². The summed E-state index contributed by atoms with van der Waals surface area (Å²) in [5, 5.41) is 3.00. The predicted molar refractivity (Wildman–Crippen MR) is 99.9 cm³/mol. The Bertz CT molecular complexity index is 605. The molecule has 0 heterocycles. The lowest BCUT2D eigenvalue weighted by atomic mass is 10.1. The summed E-state index contributed by atoms with van der Waals surface area (Å²) in [5.41, 5.74) is 5.01. The zero-order chi connectivity index (χ0) is 16.5. The van der Waals surface area contributed by atoms with Gasteiger partial charge in [-0.3, -0.25) is 4.79 Å². The van der Waals surface area contributed by atoms with Gasteiger partial charge in [-0.15, -0.1) is 0 Å². The highest BCUT2D eigenvalue weighted by molar-refractivity contribution is 7.98. The molecule has 0 atom stereocenters. The smallest absolute Gasteiger partial charge is 0.224 e. The first kappa shape index (κ1) is 17.6. The summed E-state index contributed by atoms with van der Waals surface area (Å²) in [7, 11) is 0. The van der Waals surface area contributed by atoms with Crippen molar-refractivity contribution in [1.29, 1.82) is 0 Å². The summed E-state index contributed by atoms with van der Waals surface area (Å²) in [6.07, 6.45) is 1.50. The molecule has 2 aromatic rings. The second-order valence-electron chi connectivity index (χ2n) is 5.73. The molecule has 122 valence electrons. The molecule has 1 N–H and O–H groups in total. The van der Waals surface area contributed by atoms with Crippen molar-refractivity contribution in [2.75, 3.05) is 12.3 Å². The molecule has 0 aliphatic carbocycles. The average Bonchev–Trinajstić information content (AvgIpc) is 2.57. The molecule has 2 nitrogen and oxygen atoms in total. The van der Waals surface area contributed by atoms with Crippen LogP contribution in [0.25, 0.3) is 0 Å². The molecule has 1 amide bonds. The van der Waals surface area contributed by atoms with Gasteiger partial charge in [-0.25, -0.2) is 0 Å². The summed E-state index contributed by atoms with van der Waals surface area (Å²) < 4.78 is 0. The van der Waals surface area contributed by atoms with E-state index >= 15 is 0 Å². The molecule has 0 bridgehead atoms. The molecule has 0 aromatic heterocycles. The quantitative estimate of drug-likeness (QED) is 0.738. The molecule has 0 saturated carbocycles. The fourth-order valence-corrected chi connectivity index (χ4v) is 3.10. The van der Waals surface area contributed by atoms with Crippen molar-refractivity contribution >= 4 is 17.7 Å². The van der Waals surface area contributed by atoms with E-state index in [-0.39, 0.29) is 5.91 Å². The van der Waals surface area contributed by atoms with Crippen LogP contribution in [0.2, 0.25) is 0 Å². The third kappa shape index (κ3) is 6.49. The largest absolute Gasteiger partial charge is 0.355 e. The maximum absolute atomic E-state index is 11.9. The van der Waals surface area contributed by atoms with Crippen LogP contribution < -0.4 is 5.32 Å². The van der Waals surface area contributed by atoms with Gasteiger partial charge in [-0.2, -0.15) is 11.8 Å². The van der Waals surface area contributed by atoms with Gasteiger partial charge in [0.1, 0.15) is 0 Å². The first-order valence-corrected chi connectivity index (χ1v) is 9.30. The summed E-state index contributed by atoms with van der Waals surface area (Å²) in [6.45, 7) is 4.96. The minimum atomic E-state index is 0.102. The number of hydrogen-bond acceptors (Lipinski definition) is 2. The van der Waals surface area contributed by atoms with Crippen molar-refractivity contribution in [2.24, 2.45) is 0 Å². The van der Waals surface area contributed by atoms with Gasteiger partial charge in [-0.1, -0.05) is 61.0 Å². The standard InChI is InChI=1S/C20H25NOS/c1-3-17-8-10-18(11-9-17)14-20(22)21-12-13-23-15-19-6-4-16(2)5-7-19/h4-11H,3,12-15H2,1-2H3,(H,21,22). The normalized spacial score (nSPS) is 10.5. The third-order valence-corrected chi connectivity index (χ3v) is 4.78. The molecule has 0 aliphatic rings. The Hall–Kier alpha value is -1.74. The van der Waals surface area contributed by atoms with Crippen LogP contribution in [-0.2, 0) is 23.4 Å². The highest BCUT2D eigenvalue weighted by atomic mass is 32.2. The lowest BCUT2D eigenvalue weighted by Crippen LogP contribution is -2.27. The van der Waals surface area contributed by atoms with Gasteiger partial charge in [0.05, 0.1) is 6.42 Å². The van der Waals surface area contributed by atoms with Gasteiger partial charge >= 0.3 is 0 Å². The molecule has 0 fully saturated rings. The van der Waals surface area contributed by atoms with Gasteiger partial charge in [0.25, 0.3) is 0 Å². The molecule has 0 unspecified atom stereocenters. The van der Waals surface area contributed by atoms with Crippen molar-refractivity contribution in [3.05, 3.63) is 70.8 Å². The van der Waals surface area contributed by atoms with E-state index < -0.39 is 0 Å². The van der Waals surface area contributed by atoms with Crippen molar-refractivity contribution in [1.82, 2.24) is 5.32 Å². The molecular weight excluding hydrogens is 302 g/mol. The summed E-state index contributed by atoms with van der Waals surface area (Å²) in [4.78, 5) is 11.9. The first-order chi connectivity index (χ1) is 11.2. The maximum atomic E-state index is 11.9. The fraction of sp³-hybridized carbons (Fsp3) is 0.350. The molecule has 23 heavy (non-hydrogen) atoms. The van der Waals surface area contributed by atoms with Crippen LogP contribution in [0.4, 0.5) is 0 Å². The van der Waals surface area contributed by atoms with Crippen LogP contribution in [0.15, 0.2) is 48.5 Å². The van der Waals surface area contributed by atoms with Gasteiger partial charge in [0.15, 0.2) is 0 Å². The lowest BCUT2D eigenvalue weighted by molar-refractivity contribution is -0.120. The molecule has 0 spiro atoms. The molecule has 3 heteroatoms. The number of benzene rings is 2. The van der Waals surface area contributed by atoms with Crippen molar-refractivity contribution in [3.8, 4) is 0 Å². The highest BCUT2D eigenvalue weighted by Crippen LogP contribution is 2.12. The predicted octanol–water partition coefficient (Wildman–Crippen LogP) is 4.15. The van der Waals surface area contributed by atoms with Crippen LogP contribution in [0, 0.1) is 6.92 Å². The zero-order valence-electron chi connectivity index (χ0n) is 14.0. The van der Waals surface area contributed by atoms with Gasteiger partial charge in [0, 0.05) is 18.1 Å². The van der Waals surface area contributed by atoms with Crippen molar-refractivity contribution in [2.45, 2.75) is 32.4 Å². The Labute approximate surface area is 143 Å². The monoisotopic (exact) mass is 327 g/mol. The van der Waals surface area contributed by atoms with Crippen LogP contribution in [0.5, 0.6) is 0 Å². The van der Waals surface area contributed by atoms with E-state index in [4.69, 9.17) is 0 Å². The van der Waals surface area contributed by atoms with Crippen LogP contribution in [-0.4, -0.2) is 18.2 Å². The lowest BCUT2D eigenvalue weighted by Gasteiger charge is -2.06. The summed E-state index contributed by atoms with van der Waals surface area (Å²) in [5.74, 6) is 2.04. The molecular formula is C20H25NOS. The number of thioether (sulfide) groups is 1. The number of rotatable bonds is 8. The molecule has 2 aromatic carbocycles. The second kappa shape index (κ2) is 9.41. The van der Waals surface area contributed by atoms with E-state index in [1.54, 1.807) is 0 Å². The number of hydrogen-bond donors (Lipinski definition) is 1. The van der Waals surface area contributed by atoms with E-state index in [0.29, 0.717) is 6.42 Å². The van der Waals surface area contributed by atoms with Gasteiger partial charge in [-0.05, 0) is 30.0 Å². The van der Waals surface area contributed by atoms with E-state index in [1.807, 2.05) is 23.9 Å². The van der Waals surface area contributed by atoms with Crippen LogP contribution in [0.1, 0.15) is 29.2 Å². The Morgan fingerprint density at radius 1 is 0.957 bits per heavy atom. The summed E-state index contributed by atoms with van der Waals surface area (Å²) in [6, 6.07) is 16.9. The minimum Gasteiger partial charge on any atom is -0.355 e. The molecule has 0 saturated heterocycles. The van der Waals surface area contributed by atoms with Gasteiger partial charge < -0.3 is 5.32 Å². The highest BCUT2D eigenvalue weighted by Gasteiger charge is 2.03. The number of amides is 1. The number of aryl methyl sites for hydroxylation is 2. The van der Waals surface area contributed by atoms with Crippen LogP contribution in [0.3, 0.4) is 0 Å². The molecule has 0 radical (unpaired) electrons. The fourth-order valence-electron chi connectivity index (χ4n) is 2.28. The number of carbonyl (C=O) groups excluding carboxylic acids is 1. The van der Waals surface area contributed by atoms with Crippen LogP contribution >= 0.6 is 11.8 Å². The van der Waals surface area contributed by atoms with E-state index in [1.165, 1.54) is 16.7 Å². The second-order valence-corrected chi connectivity index (χ2v) is 6.84. The van der Waals surface area contributed by atoms with E-state index in [9.17, 15) is 4.79 Å². The van der Waals surface area contributed by atoms with Gasteiger partial charge in [0.2, 0.25) is 5.91 Å². The molecule has 2 rings (SSSR count). The zero-order valence-corrected chi connectivity index (χ0v) is 14.8. The number of carbonyl (C=O) groups is 1. The first-order valence-electron chi connectivity index (χ1n) is 8.15. The Morgan fingerprint density at radius 2 is 1.57 bits per heavy atom. The average molecular weight is 327 g/mol. The van der Waals surface area contributed by atoms with Crippen molar-refractivity contribution in [3.63, 3.8) is 0 Å². The van der Waals surface area contributed by atoms with Crippen molar-refractivity contribution < 1.29 is 4.79 Å². The summed E-state index contributed by atoms with van der Waals surface area (Å²) >= 11 is 1.85.